The highest BCUT2D eigenvalue weighted by atomic mass is 35.5. The minimum Gasteiger partial charge on any atom is -0.379 e. The number of anilines is 1. The van der Waals surface area contributed by atoms with Crippen molar-refractivity contribution in [2.24, 2.45) is 0 Å². The summed E-state index contributed by atoms with van der Waals surface area (Å²) in [4.78, 5) is 30.3. The Labute approximate surface area is 237 Å². The van der Waals surface area contributed by atoms with E-state index in [1.165, 1.54) is 23.1 Å². The van der Waals surface area contributed by atoms with Crippen LogP contribution in [0.25, 0.3) is 0 Å². The second-order valence-electron chi connectivity index (χ2n) is 10.6. The van der Waals surface area contributed by atoms with Crippen molar-refractivity contribution in [2.75, 3.05) is 52.6 Å². The minimum atomic E-state index is -5.15. The quantitative estimate of drug-likeness (QED) is 0.443. The van der Waals surface area contributed by atoms with Crippen LogP contribution in [0.15, 0.2) is 42.5 Å². The first kappa shape index (κ1) is 30.1. The Morgan fingerprint density at radius 1 is 1.10 bits per heavy atom. The first-order valence-electron chi connectivity index (χ1n) is 13.2. The molecule has 40 heavy (non-hydrogen) atoms. The lowest BCUT2D eigenvalue weighted by atomic mass is 9.89. The normalized spacial score (nSPS) is 18.6. The molecular formula is C28H35ClF3N5O3. The van der Waals surface area contributed by atoms with Crippen LogP contribution in [-0.2, 0) is 16.9 Å². The lowest BCUT2D eigenvalue weighted by Crippen LogP contribution is -2.62. The van der Waals surface area contributed by atoms with Gasteiger partial charge in [-0.3, -0.25) is 14.5 Å². The van der Waals surface area contributed by atoms with Gasteiger partial charge in [0.05, 0.1) is 16.6 Å². The third kappa shape index (κ3) is 5.93. The van der Waals surface area contributed by atoms with Crippen LogP contribution in [0.1, 0.15) is 34.3 Å². The van der Waals surface area contributed by atoms with E-state index in [9.17, 15) is 27.9 Å². The Bertz CT molecular complexity index is 1220. The summed E-state index contributed by atoms with van der Waals surface area (Å²) in [5, 5.41) is 17.6. The number of piperidine rings is 1. The fourth-order valence-electron chi connectivity index (χ4n) is 5.37. The van der Waals surface area contributed by atoms with Gasteiger partial charge < -0.3 is 25.5 Å². The van der Waals surface area contributed by atoms with Crippen LogP contribution in [0, 0.1) is 0 Å². The molecule has 2 aromatic rings. The SMILES string of the molecule is CNCc1cc(C(=O)N(C)C)c(Cl)cc1NC1CN(C2CCN(C(=O)C(O)(c3ccccc3)C(F)(F)F)CC2)C1. The van der Waals surface area contributed by atoms with Gasteiger partial charge in [-0.05, 0) is 37.6 Å². The number of hydrogen-bond donors (Lipinski definition) is 3. The van der Waals surface area contributed by atoms with Crippen LogP contribution in [0.4, 0.5) is 18.9 Å². The topological polar surface area (TPSA) is 88.2 Å². The van der Waals surface area contributed by atoms with Gasteiger partial charge in [-0.1, -0.05) is 41.9 Å². The van der Waals surface area contributed by atoms with E-state index in [2.05, 4.69) is 15.5 Å². The summed E-state index contributed by atoms with van der Waals surface area (Å²) in [6, 6.07) is 10.3. The number of amides is 2. The average Bonchev–Trinajstić information content (AvgIpc) is 2.90. The number of benzene rings is 2. The molecule has 0 spiro atoms. The van der Waals surface area contributed by atoms with Gasteiger partial charge in [0.1, 0.15) is 0 Å². The highest BCUT2D eigenvalue weighted by molar-refractivity contribution is 6.34. The molecule has 1 unspecified atom stereocenters. The van der Waals surface area contributed by atoms with Crippen molar-refractivity contribution in [1.82, 2.24) is 20.0 Å². The number of carbonyl (C=O) groups is 2. The molecule has 2 aliphatic rings. The zero-order valence-electron chi connectivity index (χ0n) is 22.8. The molecule has 4 rings (SSSR count). The van der Waals surface area contributed by atoms with Crippen LogP contribution in [0.2, 0.25) is 5.02 Å². The summed E-state index contributed by atoms with van der Waals surface area (Å²) >= 11 is 6.44. The number of aliphatic hydroxyl groups is 1. The summed E-state index contributed by atoms with van der Waals surface area (Å²) in [6.45, 7) is 2.26. The van der Waals surface area contributed by atoms with Crippen molar-refractivity contribution in [3.63, 3.8) is 0 Å². The first-order chi connectivity index (χ1) is 18.9. The average molecular weight is 582 g/mol. The molecule has 8 nitrogen and oxygen atoms in total. The van der Waals surface area contributed by atoms with Gasteiger partial charge in [0.2, 0.25) is 0 Å². The molecule has 12 heteroatoms. The van der Waals surface area contributed by atoms with Crippen molar-refractivity contribution >= 4 is 29.1 Å². The molecule has 0 radical (unpaired) electrons. The number of nitrogens with one attached hydrogen (secondary N) is 2. The third-order valence-electron chi connectivity index (χ3n) is 7.65. The molecule has 0 saturated carbocycles. The van der Waals surface area contributed by atoms with Crippen LogP contribution in [-0.4, -0.2) is 97.2 Å². The number of nitrogens with zero attached hydrogens (tertiary/aromatic N) is 3. The molecule has 0 aromatic heterocycles. The predicted octanol–water partition coefficient (Wildman–Crippen LogP) is 3.30. The highest BCUT2D eigenvalue weighted by Gasteiger charge is 2.62. The van der Waals surface area contributed by atoms with Crippen LogP contribution < -0.4 is 10.6 Å². The third-order valence-corrected chi connectivity index (χ3v) is 7.96. The maximum absolute atomic E-state index is 13.9. The number of halogens is 4. The fourth-order valence-corrected chi connectivity index (χ4v) is 5.61. The molecule has 218 valence electrons. The smallest absolute Gasteiger partial charge is 0.379 e. The summed E-state index contributed by atoms with van der Waals surface area (Å²) in [7, 11) is 5.17. The van der Waals surface area contributed by atoms with Gasteiger partial charge in [-0.15, -0.1) is 0 Å². The van der Waals surface area contributed by atoms with Gasteiger partial charge in [0, 0.05) is 64.1 Å². The Morgan fingerprint density at radius 2 is 1.73 bits per heavy atom. The Morgan fingerprint density at radius 3 is 2.27 bits per heavy atom. The molecular weight excluding hydrogens is 547 g/mol. The standard InChI is InChI=1S/C28H35ClF3N5O3/c1-33-15-18-13-22(25(38)35(2)3)23(29)14-24(18)34-20-16-37(17-20)21-9-11-36(12-10-21)26(39)27(40,28(30,31)32)19-7-5-4-6-8-19/h4-8,13-14,20-21,33-34,40H,9-12,15-17H2,1-3H3. The zero-order valence-corrected chi connectivity index (χ0v) is 23.5. The summed E-state index contributed by atoms with van der Waals surface area (Å²) in [6.07, 6.45) is -4.12. The maximum atomic E-state index is 13.9. The zero-order chi connectivity index (χ0) is 29.2. The van der Waals surface area contributed by atoms with Gasteiger partial charge in [0.15, 0.2) is 0 Å². The molecule has 0 aliphatic carbocycles. The number of likely N-dealkylation sites (tertiary alicyclic amines) is 2. The van der Waals surface area contributed by atoms with E-state index in [0.717, 1.165) is 41.4 Å². The second kappa shape index (κ2) is 11.9. The van der Waals surface area contributed by atoms with E-state index in [1.807, 2.05) is 7.05 Å². The minimum absolute atomic E-state index is 0.123. The molecule has 3 N–H and O–H groups in total. The maximum Gasteiger partial charge on any atom is 0.430 e. The van der Waals surface area contributed by atoms with E-state index >= 15 is 0 Å². The predicted molar refractivity (Wildman–Crippen MR) is 147 cm³/mol. The molecule has 2 aromatic carbocycles. The van der Waals surface area contributed by atoms with Crippen LogP contribution >= 0.6 is 11.6 Å². The Balaban J connectivity index is 1.35. The van der Waals surface area contributed by atoms with Crippen molar-refractivity contribution in [1.29, 1.82) is 0 Å². The molecule has 2 saturated heterocycles. The van der Waals surface area contributed by atoms with Crippen molar-refractivity contribution in [3.05, 3.63) is 64.2 Å². The summed E-state index contributed by atoms with van der Waals surface area (Å²) in [5.74, 6) is -1.51. The van der Waals surface area contributed by atoms with Crippen LogP contribution in [0.3, 0.4) is 0 Å². The van der Waals surface area contributed by atoms with E-state index in [4.69, 9.17) is 11.6 Å². The van der Waals surface area contributed by atoms with E-state index in [0.29, 0.717) is 30.0 Å². The van der Waals surface area contributed by atoms with E-state index < -0.39 is 23.2 Å². The van der Waals surface area contributed by atoms with Crippen LogP contribution in [0.5, 0.6) is 0 Å². The van der Waals surface area contributed by atoms with Gasteiger partial charge in [0.25, 0.3) is 17.4 Å². The number of alkyl halides is 3. The number of carbonyl (C=O) groups excluding carboxylic acids is 2. The van der Waals surface area contributed by atoms with Crippen molar-refractivity contribution < 1.29 is 27.9 Å². The van der Waals surface area contributed by atoms with Gasteiger partial charge in [-0.25, -0.2) is 0 Å². The monoisotopic (exact) mass is 581 g/mol. The molecule has 2 fully saturated rings. The first-order valence-corrected chi connectivity index (χ1v) is 13.6. The lowest BCUT2D eigenvalue weighted by Gasteiger charge is -2.48. The van der Waals surface area contributed by atoms with Crippen molar-refractivity contribution in [3.8, 4) is 0 Å². The fraction of sp³-hybridized carbons (Fsp3) is 0.500. The summed E-state index contributed by atoms with van der Waals surface area (Å²) in [5.41, 5.74) is -1.87. The second-order valence-corrected chi connectivity index (χ2v) is 11.0. The molecule has 0 bridgehead atoms. The number of hydrogen-bond acceptors (Lipinski definition) is 6. The largest absolute Gasteiger partial charge is 0.430 e. The molecule has 1 atom stereocenters. The molecule has 2 aliphatic heterocycles. The lowest BCUT2D eigenvalue weighted by molar-refractivity contribution is -0.262. The molecule has 2 heterocycles. The van der Waals surface area contributed by atoms with Crippen molar-refractivity contribution in [2.45, 2.75) is 43.2 Å². The highest BCUT2D eigenvalue weighted by Crippen LogP contribution is 2.41. The Hall–Kier alpha value is -2.86. The van der Waals surface area contributed by atoms with E-state index in [-0.39, 0.29) is 31.1 Å². The van der Waals surface area contributed by atoms with Gasteiger partial charge >= 0.3 is 6.18 Å². The molecule has 2 amide bonds. The van der Waals surface area contributed by atoms with Gasteiger partial charge in [-0.2, -0.15) is 13.2 Å². The Kier molecular flexibility index (Phi) is 8.99. The van der Waals surface area contributed by atoms with E-state index in [1.54, 1.807) is 26.2 Å². The number of rotatable bonds is 8. The summed E-state index contributed by atoms with van der Waals surface area (Å²) < 4.78 is 41.8.